The highest BCUT2D eigenvalue weighted by Crippen LogP contribution is 2.27. The highest BCUT2D eigenvalue weighted by molar-refractivity contribution is 7.98. The van der Waals surface area contributed by atoms with Crippen LogP contribution in [0.4, 0.5) is 0 Å². The van der Waals surface area contributed by atoms with E-state index in [1.165, 1.54) is 11.8 Å². The van der Waals surface area contributed by atoms with Gasteiger partial charge in [0.2, 0.25) is 0 Å². The first-order valence-electron chi connectivity index (χ1n) is 6.67. The molecule has 2 aromatic heterocycles. The SMILES string of the molecule is CSc1ncc(-c2nnsc2C(=O)OC2CCCC2)cn1. The fourth-order valence-corrected chi connectivity index (χ4v) is 3.16. The Balaban J connectivity index is 1.80. The predicted molar refractivity (Wildman–Crippen MR) is 80.4 cm³/mol. The molecule has 0 bridgehead atoms. The molecule has 2 heterocycles. The van der Waals surface area contributed by atoms with Gasteiger partial charge >= 0.3 is 5.97 Å². The lowest BCUT2D eigenvalue weighted by molar-refractivity contribution is 0.0324. The van der Waals surface area contributed by atoms with Crippen LogP contribution in [-0.4, -0.2) is 37.9 Å². The van der Waals surface area contributed by atoms with Crippen LogP contribution in [0.1, 0.15) is 35.4 Å². The molecule has 0 aromatic carbocycles. The maximum atomic E-state index is 12.2. The second-order valence-electron chi connectivity index (χ2n) is 4.72. The second-order valence-corrected chi connectivity index (χ2v) is 6.25. The van der Waals surface area contributed by atoms with Gasteiger partial charge in [-0.25, -0.2) is 14.8 Å². The molecule has 0 N–H and O–H groups in total. The molecule has 8 heteroatoms. The standard InChI is InChI=1S/C13H14N4O2S2/c1-20-13-14-6-8(7-15-13)10-11(21-17-16-10)12(18)19-9-4-2-3-5-9/h6-7,9H,2-5H2,1H3. The van der Waals surface area contributed by atoms with Crippen LogP contribution in [0.2, 0.25) is 0 Å². The third-order valence-electron chi connectivity index (χ3n) is 3.33. The largest absolute Gasteiger partial charge is 0.458 e. The van der Waals surface area contributed by atoms with Crippen LogP contribution in [0.25, 0.3) is 11.3 Å². The number of esters is 1. The molecular weight excluding hydrogens is 308 g/mol. The molecule has 3 rings (SSSR count). The number of hydrogen-bond acceptors (Lipinski definition) is 8. The van der Waals surface area contributed by atoms with Crippen LogP contribution >= 0.6 is 23.3 Å². The summed E-state index contributed by atoms with van der Waals surface area (Å²) in [4.78, 5) is 21.0. The fourth-order valence-electron chi connectivity index (χ4n) is 2.27. The minimum Gasteiger partial charge on any atom is -0.458 e. The Morgan fingerprint density at radius 3 is 2.71 bits per heavy atom. The van der Waals surface area contributed by atoms with E-state index in [4.69, 9.17) is 4.74 Å². The zero-order valence-corrected chi connectivity index (χ0v) is 13.1. The van der Waals surface area contributed by atoms with Gasteiger partial charge in [-0.1, -0.05) is 16.3 Å². The summed E-state index contributed by atoms with van der Waals surface area (Å²) in [5.41, 5.74) is 1.18. The molecule has 1 fully saturated rings. The molecule has 0 radical (unpaired) electrons. The van der Waals surface area contributed by atoms with Crippen LogP contribution < -0.4 is 0 Å². The van der Waals surface area contributed by atoms with Crippen LogP contribution in [0, 0.1) is 0 Å². The van der Waals surface area contributed by atoms with Crippen molar-refractivity contribution in [2.75, 3.05) is 6.26 Å². The van der Waals surface area contributed by atoms with Crippen molar-refractivity contribution < 1.29 is 9.53 Å². The van der Waals surface area contributed by atoms with Crippen molar-refractivity contribution in [2.24, 2.45) is 0 Å². The fraction of sp³-hybridized carbons (Fsp3) is 0.462. The van der Waals surface area contributed by atoms with E-state index in [1.807, 2.05) is 6.26 Å². The Morgan fingerprint density at radius 1 is 1.33 bits per heavy atom. The number of aromatic nitrogens is 4. The van der Waals surface area contributed by atoms with Gasteiger partial charge in [-0.05, 0) is 43.5 Å². The Hall–Kier alpha value is -1.54. The summed E-state index contributed by atoms with van der Waals surface area (Å²) in [7, 11) is 0. The number of rotatable bonds is 4. The van der Waals surface area contributed by atoms with E-state index < -0.39 is 0 Å². The lowest BCUT2D eigenvalue weighted by Crippen LogP contribution is -2.14. The van der Waals surface area contributed by atoms with Gasteiger partial charge in [0, 0.05) is 18.0 Å². The molecular formula is C13H14N4O2S2. The predicted octanol–water partition coefficient (Wildman–Crippen LogP) is 2.82. The van der Waals surface area contributed by atoms with Crippen molar-refractivity contribution in [1.29, 1.82) is 0 Å². The van der Waals surface area contributed by atoms with Crippen LogP contribution in [0.3, 0.4) is 0 Å². The normalized spacial score (nSPS) is 15.3. The maximum Gasteiger partial charge on any atom is 0.352 e. The molecule has 0 amide bonds. The van der Waals surface area contributed by atoms with E-state index in [2.05, 4.69) is 19.6 Å². The van der Waals surface area contributed by atoms with Crippen LogP contribution in [0.5, 0.6) is 0 Å². The molecule has 21 heavy (non-hydrogen) atoms. The van der Waals surface area contributed by atoms with Gasteiger partial charge in [-0.3, -0.25) is 0 Å². The number of nitrogens with zero attached hydrogens (tertiary/aromatic N) is 4. The highest BCUT2D eigenvalue weighted by Gasteiger charge is 2.25. The molecule has 0 aliphatic heterocycles. The first-order chi connectivity index (χ1) is 10.3. The van der Waals surface area contributed by atoms with Crippen LogP contribution in [-0.2, 0) is 4.74 Å². The van der Waals surface area contributed by atoms with Gasteiger partial charge in [0.1, 0.15) is 11.8 Å². The number of thioether (sulfide) groups is 1. The van der Waals surface area contributed by atoms with Gasteiger partial charge in [0.25, 0.3) is 0 Å². The average molecular weight is 322 g/mol. The summed E-state index contributed by atoms with van der Waals surface area (Å²) < 4.78 is 9.38. The third kappa shape index (κ3) is 3.21. The van der Waals surface area contributed by atoms with Crippen molar-refractivity contribution >= 4 is 29.3 Å². The molecule has 0 atom stereocenters. The van der Waals surface area contributed by atoms with E-state index >= 15 is 0 Å². The highest BCUT2D eigenvalue weighted by atomic mass is 32.2. The Kier molecular flexibility index (Phi) is 4.45. The summed E-state index contributed by atoms with van der Waals surface area (Å²) in [5.74, 6) is -0.346. The molecule has 0 saturated heterocycles. The molecule has 110 valence electrons. The molecule has 1 saturated carbocycles. The van der Waals surface area contributed by atoms with E-state index in [-0.39, 0.29) is 12.1 Å². The zero-order valence-electron chi connectivity index (χ0n) is 11.5. The van der Waals surface area contributed by atoms with Gasteiger partial charge in [-0.15, -0.1) is 5.10 Å². The summed E-state index contributed by atoms with van der Waals surface area (Å²) in [6.45, 7) is 0. The lowest BCUT2D eigenvalue weighted by Gasteiger charge is -2.10. The number of carbonyl (C=O) groups is 1. The molecule has 0 spiro atoms. The molecule has 1 aliphatic rings. The van der Waals surface area contributed by atoms with E-state index in [0.29, 0.717) is 21.3 Å². The topological polar surface area (TPSA) is 77.9 Å². The summed E-state index contributed by atoms with van der Waals surface area (Å²) in [6.07, 6.45) is 9.37. The van der Waals surface area contributed by atoms with Crippen LogP contribution in [0.15, 0.2) is 17.6 Å². The van der Waals surface area contributed by atoms with Gasteiger partial charge in [-0.2, -0.15) is 0 Å². The zero-order chi connectivity index (χ0) is 14.7. The molecule has 1 aliphatic carbocycles. The first kappa shape index (κ1) is 14.4. The van der Waals surface area contributed by atoms with E-state index in [0.717, 1.165) is 37.2 Å². The summed E-state index contributed by atoms with van der Waals surface area (Å²) in [6, 6.07) is 0. The smallest absolute Gasteiger partial charge is 0.352 e. The monoisotopic (exact) mass is 322 g/mol. The maximum absolute atomic E-state index is 12.2. The quantitative estimate of drug-likeness (QED) is 0.486. The lowest BCUT2D eigenvalue weighted by atomic mass is 10.2. The van der Waals surface area contributed by atoms with Crippen molar-refractivity contribution in [1.82, 2.24) is 19.6 Å². The van der Waals surface area contributed by atoms with E-state index in [9.17, 15) is 4.79 Å². The van der Waals surface area contributed by atoms with Crippen molar-refractivity contribution in [3.63, 3.8) is 0 Å². The third-order valence-corrected chi connectivity index (χ3v) is 4.62. The molecule has 6 nitrogen and oxygen atoms in total. The Labute approximate surface area is 130 Å². The van der Waals surface area contributed by atoms with Crippen molar-refractivity contribution in [3.8, 4) is 11.3 Å². The molecule has 2 aromatic rings. The number of hydrogen-bond donors (Lipinski definition) is 0. The van der Waals surface area contributed by atoms with E-state index in [1.54, 1.807) is 12.4 Å². The van der Waals surface area contributed by atoms with Crippen molar-refractivity contribution in [3.05, 3.63) is 17.3 Å². The Bertz CT molecular complexity index is 623. The van der Waals surface area contributed by atoms with Gasteiger partial charge in [0.05, 0.1) is 0 Å². The van der Waals surface area contributed by atoms with Gasteiger partial charge in [0.15, 0.2) is 10.0 Å². The number of ether oxygens (including phenoxy) is 1. The Morgan fingerprint density at radius 2 is 2.05 bits per heavy atom. The van der Waals surface area contributed by atoms with Crippen molar-refractivity contribution in [2.45, 2.75) is 36.9 Å². The minimum absolute atomic E-state index is 0.0302. The second kappa shape index (κ2) is 6.48. The number of carbonyl (C=O) groups excluding carboxylic acids is 1. The first-order valence-corrected chi connectivity index (χ1v) is 8.67. The average Bonchev–Trinajstić information content (AvgIpc) is 3.18. The summed E-state index contributed by atoms with van der Waals surface area (Å²) in [5, 5.41) is 4.70. The minimum atomic E-state index is -0.346. The van der Waals surface area contributed by atoms with Gasteiger partial charge < -0.3 is 4.74 Å². The molecule has 0 unspecified atom stereocenters. The summed E-state index contributed by atoms with van der Waals surface area (Å²) >= 11 is 2.51.